The second-order valence-corrected chi connectivity index (χ2v) is 6.29. The highest BCUT2D eigenvalue weighted by molar-refractivity contribution is 5.70. The molecular weight excluding hydrogens is 380 g/mol. The van der Waals surface area contributed by atoms with Crippen molar-refractivity contribution in [2.75, 3.05) is 12.8 Å². The highest BCUT2D eigenvalue weighted by Gasteiger charge is 2.18. The first-order chi connectivity index (χ1) is 14.0. The van der Waals surface area contributed by atoms with E-state index in [9.17, 15) is 8.78 Å². The fourth-order valence-electron chi connectivity index (χ4n) is 2.93. The van der Waals surface area contributed by atoms with Crippen molar-refractivity contribution < 1.29 is 18.3 Å². The number of nitrogen functional groups attached to an aromatic ring is 1. The van der Waals surface area contributed by atoms with Gasteiger partial charge in [-0.1, -0.05) is 13.3 Å². The van der Waals surface area contributed by atoms with E-state index in [1.54, 1.807) is 30.6 Å². The van der Waals surface area contributed by atoms with Crippen LogP contribution in [0.4, 0.5) is 14.7 Å². The van der Waals surface area contributed by atoms with Gasteiger partial charge in [0.2, 0.25) is 17.7 Å². The van der Waals surface area contributed by atoms with E-state index < -0.39 is 6.61 Å². The smallest absolute Gasteiger partial charge is 0.388 e. The molecule has 29 heavy (non-hydrogen) atoms. The quantitative estimate of drug-likeness (QED) is 0.615. The lowest BCUT2D eigenvalue weighted by Gasteiger charge is -2.16. The van der Waals surface area contributed by atoms with E-state index in [4.69, 9.17) is 15.2 Å². The number of ether oxygens (including phenoxy) is 2. The van der Waals surface area contributed by atoms with Gasteiger partial charge in [0.25, 0.3) is 0 Å². The Morgan fingerprint density at radius 3 is 2.55 bits per heavy atom. The zero-order valence-electron chi connectivity index (χ0n) is 16.1. The molecule has 0 aromatic carbocycles. The average Bonchev–Trinajstić information content (AvgIpc) is 2.71. The minimum absolute atomic E-state index is 0.131. The summed E-state index contributed by atoms with van der Waals surface area (Å²) in [7, 11) is 1.48. The first-order valence-electron chi connectivity index (χ1n) is 9.04. The normalized spacial score (nSPS) is 10.9. The van der Waals surface area contributed by atoms with Crippen LogP contribution in [0.25, 0.3) is 11.1 Å². The van der Waals surface area contributed by atoms with E-state index >= 15 is 0 Å². The third-order valence-corrected chi connectivity index (χ3v) is 4.22. The van der Waals surface area contributed by atoms with Crippen LogP contribution in [0.2, 0.25) is 0 Å². The fraction of sp³-hybridized carbons (Fsp3) is 0.300. The predicted molar refractivity (Wildman–Crippen MR) is 104 cm³/mol. The number of rotatable bonds is 8. The largest absolute Gasteiger partial charge is 0.481 e. The van der Waals surface area contributed by atoms with E-state index in [1.165, 1.54) is 13.3 Å². The zero-order chi connectivity index (χ0) is 20.8. The molecule has 9 heteroatoms. The third-order valence-electron chi connectivity index (χ3n) is 4.22. The molecule has 3 heterocycles. The summed E-state index contributed by atoms with van der Waals surface area (Å²) in [5.74, 6) is 0.413. The minimum Gasteiger partial charge on any atom is -0.481 e. The molecule has 0 atom stereocenters. The molecule has 3 aromatic heterocycles. The summed E-state index contributed by atoms with van der Waals surface area (Å²) in [4.78, 5) is 16.5. The maximum Gasteiger partial charge on any atom is 0.388 e. The molecule has 0 aliphatic heterocycles. The summed E-state index contributed by atoms with van der Waals surface area (Å²) < 4.78 is 36.0. The summed E-state index contributed by atoms with van der Waals surface area (Å²) in [6, 6.07) is 5.14. The Bertz CT molecular complexity index is 968. The van der Waals surface area contributed by atoms with Gasteiger partial charge < -0.3 is 15.2 Å². The van der Waals surface area contributed by atoms with Gasteiger partial charge in [-0.2, -0.15) is 8.78 Å². The molecule has 0 aliphatic rings. The second kappa shape index (κ2) is 9.22. The summed E-state index contributed by atoms with van der Waals surface area (Å²) in [5, 5.41) is 0. The van der Waals surface area contributed by atoms with E-state index in [0.29, 0.717) is 35.5 Å². The van der Waals surface area contributed by atoms with Crippen molar-refractivity contribution in [1.29, 1.82) is 0 Å². The van der Waals surface area contributed by atoms with Gasteiger partial charge in [0.05, 0.1) is 7.11 Å². The van der Waals surface area contributed by atoms with Crippen molar-refractivity contribution in [3.05, 3.63) is 53.6 Å². The van der Waals surface area contributed by atoms with Gasteiger partial charge in [0.1, 0.15) is 0 Å². The third kappa shape index (κ3) is 5.13. The number of pyridine rings is 2. The van der Waals surface area contributed by atoms with Crippen LogP contribution in [-0.4, -0.2) is 33.7 Å². The topological polar surface area (TPSA) is 96.0 Å². The molecule has 152 valence electrons. The standard InChI is InChI=1S/C20H21F2N5O2/c1-3-4-16-14(7-12-10-25-20(23)26-11-12)8-15(18(27-16)29-19(21)22)13-5-6-24-17(9-13)28-2/h5-6,8-11,19H,3-4,7H2,1-2H3,(H2,23,25,26). The number of alkyl halides is 2. The van der Waals surface area contributed by atoms with Crippen LogP contribution in [0.15, 0.2) is 36.8 Å². The van der Waals surface area contributed by atoms with Gasteiger partial charge in [-0.25, -0.2) is 19.9 Å². The number of nitrogens with zero attached hydrogens (tertiary/aromatic N) is 4. The summed E-state index contributed by atoms with van der Waals surface area (Å²) in [5.41, 5.74) is 8.97. The van der Waals surface area contributed by atoms with E-state index in [2.05, 4.69) is 19.9 Å². The summed E-state index contributed by atoms with van der Waals surface area (Å²) >= 11 is 0. The SMILES string of the molecule is CCCc1nc(OC(F)F)c(-c2ccnc(OC)c2)cc1Cc1cnc(N)nc1. The van der Waals surface area contributed by atoms with Crippen molar-refractivity contribution in [1.82, 2.24) is 19.9 Å². The molecule has 3 rings (SSSR count). The maximum absolute atomic E-state index is 13.0. The Kier molecular flexibility index (Phi) is 6.48. The maximum atomic E-state index is 13.0. The zero-order valence-corrected chi connectivity index (χ0v) is 16.1. The molecule has 0 fully saturated rings. The lowest BCUT2D eigenvalue weighted by Crippen LogP contribution is -2.09. The molecule has 0 saturated carbocycles. The van der Waals surface area contributed by atoms with Gasteiger partial charge in [-0.3, -0.25) is 0 Å². The van der Waals surface area contributed by atoms with Gasteiger partial charge in [-0.15, -0.1) is 0 Å². The highest BCUT2D eigenvalue weighted by Crippen LogP contribution is 2.34. The molecule has 0 saturated heterocycles. The van der Waals surface area contributed by atoms with Crippen molar-refractivity contribution in [3.63, 3.8) is 0 Å². The molecule has 0 unspecified atom stereocenters. The number of halogens is 2. The van der Waals surface area contributed by atoms with Crippen LogP contribution in [0, 0.1) is 0 Å². The molecule has 0 radical (unpaired) electrons. The monoisotopic (exact) mass is 401 g/mol. The highest BCUT2D eigenvalue weighted by atomic mass is 19.3. The van der Waals surface area contributed by atoms with Crippen molar-refractivity contribution in [2.45, 2.75) is 32.8 Å². The Hall–Kier alpha value is -3.36. The van der Waals surface area contributed by atoms with Gasteiger partial charge in [-0.05, 0) is 35.2 Å². The first-order valence-corrected chi connectivity index (χ1v) is 9.04. The fourth-order valence-corrected chi connectivity index (χ4v) is 2.93. The number of methoxy groups -OCH3 is 1. The number of hydrogen-bond donors (Lipinski definition) is 1. The van der Waals surface area contributed by atoms with Crippen LogP contribution >= 0.6 is 0 Å². The van der Waals surface area contributed by atoms with Crippen molar-refractivity contribution in [3.8, 4) is 22.9 Å². The molecule has 0 aliphatic carbocycles. The van der Waals surface area contributed by atoms with Crippen LogP contribution in [0.1, 0.15) is 30.2 Å². The number of hydrogen-bond acceptors (Lipinski definition) is 7. The van der Waals surface area contributed by atoms with Gasteiger partial charge in [0.15, 0.2) is 0 Å². The summed E-state index contributed by atoms with van der Waals surface area (Å²) in [6.07, 6.45) is 6.70. The van der Waals surface area contributed by atoms with Gasteiger partial charge in [0, 0.05) is 42.3 Å². The Labute approximate surface area is 167 Å². The van der Waals surface area contributed by atoms with Crippen molar-refractivity contribution in [2.24, 2.45) is 0 Å². The first kappa shape index (κ1) is 20.4. The van der Waals surface area contributed by atoms with E-state index in [0.717, 1.165) is 17.5 Å². The van der Waals surface area contributed by atoms with Crippen molar-refractivity contribution >= 4 is 5.95 Å². The van der Waals surface area contributed by atoms with E-state index in [-0.39, 0.29) is 11.8 Å². The van der Waals surface area contributed by atoms with Crippen LogP contribution in [0.5, 0.6) is 11.8 Å². The minimum atomic E-state index is -2.99. The molecular formula is C20H21F2N5O2. The lowest BCUT2D eigenvalue weighted by atomic mass is 9.98. The molecule has 0 amide bonds. The van der Waals surface area contributed by atoms with E-state index in [1.807, 2.05) is 6.92 Å². The Morgan fingerprint density at radius 2 is 1.90 bits per heavy atom. The average molecular weight is 401 g/mol. The van der Waals surface area contributed by atoms with Gasteiger partial charge >= 0.3 is 6.61 Å². The Balaban J connectivity index is 2.11. The number of aryl methyl sites for hydroxylation is 1. The molecule has 2 N–H and O–H groups in total. The number of anilines is 1. The second-order valence-electron chi connectivity index (χ2n) is 6.29. The molecule has 0 spiro atoms. The molecule has 0 bridgehead atoms. The van der Waals surface area contributed by atoms with Crippen LogP contribution in [0.3, 0.4) is 0 Å². The van der Waals surface area contributed by atoms with Crippen LogP contribution < -0.4 is 15.2 Å². The number of nitrogens with two attached hydrogens (primary N) is 1. The number of aromatic nitrogens is 4. The lowest BCUT2D eigenvalue weighted by molar-refractivity contribution is -0.0525. The molecule has 3 aromatic rings. The summed E-state index contributed by atoms with van der Waals surface area (Å²) in [6.45, 7) is -0.997. The van der Waals surface area contributed by atoms with Crippen LogP contribution in [-0.2, 0) is 12.8 Å². The Morgan fingerprint density at radius 1 is 1.14 bits per heavy atom. The molecule has 7 nitrogen and oxygen atoms in total. The predicted octanol–water partition coefficient (Wildman–Crippen LogP) is 3.67.